The van der Waals surface area contributed by atoms with Crippen molar-refractivity contribution in [1.29, 1.82) is 0 Å². The highest BCUT2D eigenvalue weighted by molar-refractivity contribution is 6.48. The molecule has 0 saturated heterocycles. The number of anilines is 1. The van der Waals surface area contributed by atoms with Gasteiger partial charge in [0.2, 0.25) is 0 Å². The molecule has 0 radical (unpaired) electrons. The molecule has 2 rings (SSSR count). The van der Waals surface area contributed by atoms with E-state index in [9.17, 15) is 19.5 Å². The van der Waals surface area contributed by atoms with Gasteiger partial charge in [-0.3, -0.25) is 19.7 Å². The molecular weight excluding hydrogens is 298 g/mol. The van der Waals surface area contributed by atoms with E-state index in [0.29, 0.717) is 0 Å². The van der Waals surface area contributed by atoms with Crippen LogP contribution in [0, 0.1) is 0 Å². The molecule has 1 aliphatic heterocycles. The Kier molecular flexibility index (Phi) is 3.86. The third-order valence-corrected chi connectivity index (χ3v) is 3.17. The van der Waals surface area contributed by atoms with E-state index in [1.54, 1.807) is 14.1 Å². The van der Waals surface area contributed by atoms with Crippen LogP contribution in [0.1, 0.15) is 10.4 Å². The zero-order chi connectivity index (χ0) is 15.7. The van der Waals surface area contributed by atoms with E-state index >= 15 is 0 Å². The van der Waals surface area contributed by atoms with Gasteiger partial charge in [-0.25, -0.2) is 0 Å². The van der Waals surface area contributed by atoms with Gasteiger partial charge in [-0.2, -0.15) is 0 Å². The lowest BCUT2D eigenvalue weighted by molar-refractivity contribution is -0.123. The monoisotopic (exact) mass is 309 g/mol. The van der Waals surface area contributed by atoms with Gasteiger partial charge >= 0.3 is 0 Å². The van der Waals surface area contributed by atoms with Gasteiger partial charge in [0.25, 0.3) is 17.7 Å². The van der Waals surface area contributed by atoms with Crippen LogP contribution in [0.15, 0.2) is 28.9 Å². The van der Waals surface area contributed by atoms with Crippen LogP contribution in [0.4, 0.5) is 5.69 Å². The second-order valence-electron chi connectivity index (χ2n) is 4.50. The zero-order valence-corrected chi connectivity index (χ0v) is 12.0. The number of nitrogens with zero attached hydrogens (tertiary/aromatic N) is 1. The van der Waals surface area contributed by atoms with Crippen LogP contribution in [0.25, 0.3) is 0 Å². The highest BCUT2D eigenvalue weighted by Crippen LogP contribution is 2.30. The number of rotatable bonds is 3. The number of benzene rings is 1. The SMILES string of the molecule is CN(C)C(=O)c1cccc(NC2=C(Cl)C(=O)NC2=O)c1O. The first-order valence-corrected chi connectivity index (χ1v) is 6.26. The first-order chi connectivity index (χ1) is 9.82. The zero-order valence-electron chi connectivity index (χ0n) is 11.2. The van der Waals surface area contributed by atoms with Crippen molar-refractivity contribution in [3.63, 3.8) is 0 Å². The van der Waals surface area contributed by atoms with Crippen molar-refractivity contribution in [2.45, 2.75) is 0 Å². The lowest BCUT2D eigenvalue weighted by atomic mass is 10.1. The van der Waals surface area contributed by atoms with Crippen LogP contribution in [-0.2, 0) is 9.59 Å². The minimum Gasteiger partial charge on any atom is -0.505 e. The second-order valence-corrected chi connectivity index (χ2v) is 4.88. The number of phenols is 1. The molecule has 0 aromatic heterocycles. The highest BCUT2D eigenvalue weighted by atomic mass is 35.5. The fourth-order valence-electron chi connectivity index (χ4n) is 1.74. The normalized spacial score (nSPS) is 14.2. The molecule has 0 bridgehead atoms. The van der Waals surface area contributed by atoms with Gasteiger partial charge in [-0.05, 0) is 12.1 Å². The number of para-hydroxylation sites is 1. The molecule has 110 valence electrons. The molecule has 8 heteroatoms. The molecule has 7 nitrogen and oxygen atoms in total. The fraction of sp³-hybridized carbons (Fsp3) is 0.154. The van der Waals surface area contributed by atoms with E-state index < -0.39 is 17.7 Å². The fourth-order valence-corrected chi connectivity index (χ4v) is 1.92. The van der Waals surface area contributed by atoms with Crippen LogP contribution >= 0.6 is 11.6 Å². The van der Waals surface area contributed by atoms with Gasteiger partial charge in [0.05, 0.1) is 11.3 Å². The number of carbonyl (C=O) groups is 3. The standard InChI is InChI=1S/C13H12ClN3O4/c1-17(2)13(21)6-4-3-5-7(10(6)18)15-9-8(14)11(19)16-12(9)20/h3-5,18H,1-2H3,(H2,15,16,19,20). The molecule has 0 fully saturated rings. The molecule has 0 unspecified atom stereocenters. The number of carbonyl (C=O) groups excluding carboxylic acids is 3. The molecule has 1 aromatic rings. The predicted octanol–water partition coefficient (Wildman–Crippen LogP) is 0.613. The molecule has 1 aromatic carbocycles. The average Bonchev–Trinajstić information content (AvgIpc) is 2.66. The summed E-state index contributed by atoms with van der Waals surface area (Å²) >= 11 is 5.71. The molecule has 21 heavy (non-hydrogen) atoms. The maximum Gasteiger partial charge on any atom is 0.276 e. The third-order valence-electron chi connectivity index (χ3n) is 2.81. The first kappa shape index (κ1) is 14.9. The van der Waals surface area contributed by atoms with Crippen molar-refractivity contribution < 1.29 is 19.5 Å². The summed E-state index contributed by atoms with van der Waals surface area (Å²) in [4.78, 5) is 36.0. The molecule has 0 atom stereocenters. The van der Waals surface area contributed by atoms with Crippen LogP contribution in [0.5, 0.6) is 5.75 Å². The molecule has 0 saturated carbocycles. The molecule has 0 spiro atoms. The van der Waals surface area contributed by atoms with Gasteiger partial charge < -0.3 is 15.3 Å². The summed E-state index contributed by atoms with van der Waals surface area (Å²) in [6.45, 7) is 0. The van der Waals surface area contributed by atoms with Gasteiger partial charge in [0.15, 0.2) is 5.75 Å². The number of halogens is 1. The van der Waals surface area contributed by atoms with Crippen LogP contribution < -0.4 is 10.6 Å². The van der Waals surface area contributed by atoms with E-state index in [2.05, 4.69) is 5.32 Å². The minimum atomic E-state index is -0.718. The second kappa shape index (κ2) is 5.45. The largest absolute Gasteiger partial charge is 0.505 e. The highest BCUT2D eigenvalue weighted by Gasteiger charge is 2.30. The van der Waals surface area contributed by atoms with Crippen molar-refractivity contribution in [1.82, 2.24) is 10.2 Å². The topological polar surface area (TPSA) is 98.7 Å². The van der Waals surface area contributed by atoms with E-state index in [0.717, 1.165) is 0 Å². The Morgan fingerprint density at radius 3 is 2.48 bits per heavy atom. The molecule has 1 heterocycles. The van der Waals surface area contributed by atoms with Crippen molar-refractivity contribution >= 4 is 35.0 Å². The Hall–Kier alpha value is -2.54. The van der Waals surface area contributed by atoms with Crippen LogP contribution in [-0.4, -0.2) is 41.8 Å². The summed E-state index contributed by atoms with van der Waals surface area (Å²) in [7, 11) is 3.09. The minimum absolute atomic E-state index is 0.0615. The summed E-state index contributed by atoms with van der Waals surface area (Å²) in [5.74, 6) is -2.15. The molecule has 3 amide bonds. The Balaban J connectivity index is 2.39. The summed E-state index contributed by atoms with van der Waals surface area (Å²) in [6, 6.07) is 4.43. The third kappa shape index (κ3) is 2.68. The number of hydrogen-bond acceptors (Lipinski definition) is 5. The number of phenolic OH excluding ortho intramolecular Hbond substituents is 1. The lowest BCUT2D eigenvalue weighted by Gasteiger charge is -2.14. The Bertz CT molecular complexity index is 682. The van der Waals surface area contributed by atoms with E-state index in [-0.39, 0.29) is 27.7 Å². The maximum absolute atomic E-state index is 11.9. The van der Waals surface area contributed by atoms with Crippen molar-refractivity contribution in [2.75, 3.05) is 19.4 Å². The summed E-state index contributed by atoms with van der Waals surface area (Å²) in [5, 5.41) is 14.4. The van der Waals surface area contributed by atoms with E-state index in [1.807, 2.05) is 5.32 Å². The van der Waals surface area contributed by atoms with Gasteiger partial charge in [0, 0.05) is 14.1 Å². The van der Waals surface area contributed by atoms with Crippen molar-refractivity contribution in [3.8, 4) is 5.75 Å². The van der Waals surface area contributed by atoms with Crippen LogP contribution in [0.2, 0.25) is 0 Å². The Morgan fingerprint density at radius 2 is 1.95 bits per heavy atom. The van der Waals surface area contributed by atoms with Crippen molar-refractivity contribution in [3.05, 3.63) is 34.5 Å². The molecule has 1 aliphatic rings. The number of nitrogens with one attached hydrogen (secondary N) is 2. The summed E-state index contributed by atoms with van der Waals surface area (Å²) < 4.78 is 0. The predicted molar refractivity (Wildman–Crippen MR) is 75.8 cm³/mol. The lowest BCUT2D eigenvalue weighted by Crippen LogP contribution is -2.24. The molecule has 0 aliphatic carbocycles. The van der Waals surface area contributed by atoms with Gasteiger partial charge in [-0.15, -0.1) is 0 Å². The Morgan fingerprint density at radius 1 is 1.29 bits per heavy atom. The van der Waals surface area contributed by atoms with E-state index in [1.165, 1.54) is 23.1 Å². The molecular formula is C13H12ClN3O4. The first-order valence-electron chi connectivity index (χ1n) is 5.89. The smallest absolute Gasteiger partial charge is 0.276 e. The number of hydrogen-bond donors (Lipinski definition) is 3. The summed E-state index contributed by atoms with van der Waals surface area (Å²) in [5.41, 5.74) is -0.0152. The van der Waals surface area contributed by atoms with E-state index in [4.69, 9.17) is 11.6 Å². The number of imide groups is 1. The van der Waals surface area contributed by atoms with Crippen LogP contribution in [0.3, 0.4) is 0 Å². The Labute approximate surface area is 125 Å². The maximum atomic E-state index is 11.9. The quantitative estimate of drug-likeness (QED) is 0.561. The summed E-state index contributed by atoms with van der Waals surface area (Å²) in [6.07, 6.45) is 0. The average molecular weight is 310 g/mol. The van der Waals surface area contributed by atoms with Gasteiger partial charge in [-0.1, -0.05) is 17.7 Å². The van der Waals surface area contributed by atoms with Gasteiger partial charge in [0.1, 0.15) is 10.7 Å². The number of aromatic hydroxyl groups is 1. The number of amides is 3. The van der Waals surface area contributed by atoms with Crippen molar-refractivity contribution in [2.24, 2.45) is 0 Å². The molecule has 3 N–H and O–H groups in total.